The van der Waals surface area contributed by atoms with Gasteiger partial charge in [-0.1, -0.05) is 88.9 Å². The Bertz CT molecular complexity index is 1160. The minimum absolute atomic E-state index is 0.00194. The van der Waals surface area contributed by atoms with Gasteiger partial charge in [0.05, 0.1) is 0 Å². The van der Waals surface area contributed by atoms with Crippen LogP contribution < -0.4 is 5.32 Å². The summed E-state index contributed by atoms with van der Waals surface area (Å²) in [5, 5.41) is 3.27. The fourth-order valence-corrected chi connectivity index (χ4v) is 6.08. The summed E-state index contributed by atoms with van der Waals surface area (Å²) >= 11 is 5.23. The van der Waals surface area contributed by atoms with Crippen LogP contribution in [0.5, 0.6) is 0 Å². The average molecular weight is 580 g/mol. The molecule has 3 aromatic carbocycles. The second-order valence-corrected chi connectivity index (χ2v) is 11.8. The second-order valence-electron chi connectivity index (χ2n) is 9.76. The van der Waals surface area contributed by atoms with Gasteiger partial charge in [0.1, 0.15) is 6.04 Å². The summed E-state index contributed by atoms with van der Waals surface area (Å²) in [4.78, 5) is 30.4. The molecule has 194 valence electrons. The molecule has 1 aliphatic carbocycles. The minimum Gasteiger partial charge on any atom is -0.352 e. The lowest BCUT2D eigenvalue weighted by Gasteiger charge is -2.32. The molecule has 1 atom stereocenters. The molecule has 0 bridgehead atoms. The number of carbonyl (C=O) groups excluding carboxylic acids is 2. The van der Waals surface area contributed by atoms with E-state index in [9.17, 15) is 9.59 Å². The van der Waals surface area contributed by atoms with Crippen molar-refractivity contribution in [3.8, 4) is 0 Å². The van der Waals surface area contributed by atoms with Crippen LogP contribution in [0, 0.1) is 6.92 Å². The van der Waals surface area contributed by atoms with Gasteiger partial charge in [-0.25, -0.2) is 0 Å². The van der Waals surface area contributed by atoms with Crippen LogP contribution in [-0.4, -0.2) is 34.6 Å². The number of halogens is 1. The molecule has 1 saturated carbocycles. The zero-order chi connectivity index (χ0) is 26.0. The van der Waals surface area contributed by atoms with Crippen molar-refractivity contribution >= 4 is 39.5 Å². The predicted octanol–water partition coefficient (Wildman–Crippen LogP) is 6.94. The number of aryl methyl sites for hydroxylation is 1. The molecule has 4 nitrogen and oxygen atoms in total. The van der Waals surface area contributed by atoms with Crippen molar-refractivity contribution in [3.63, 3.8) is 0 Å². The Morgan fingerprint density at radius 3 is 2.38 bits per heavy atom. The summed E-state index contributed by atoms with van der Waals surface area (Å²) < 4.78 is 0.961. The first kappa shape index (κ1) is 27.5. The number of benzene rings is 3. The van der Waals surface area contributed by atoms with E-state index in [1.807, 2.05) is 54.6 Å². The fraction of sp³-hybridized carbons (Fsp3) is 0.355. The quantitative estimate of drug-likeness (QED) is 0.251. The molecule has 0 heterocycles. The van der Waals surface area contributed by atoms with E-state index in [4.69, 9.17) is 0 Å². The standard InChI is InChI=1S/C31H35BrN2O2S/c1-23-14-16-28(17-15-23)37-19-18-30(35)34(22-25-10-7-11-26(32)20-25)29(21-24-8-3-2-4-9-24)31(36)33-27-12-5-6-13-27/h2-4,7-11,14-17,20,27,29H,5-6,12-13,18-19,21-22H2,1H3,(H,33,36). The third-order valence-electron chi connectivity index (χ3n) is 6.82. The van der Waals surface area contributed by atoms with E-state index >= 15 is 0 Å². The summed E-state index contributed by atoms with van der Waals surface area (Å²) in [6.45, 7) is 2.46. The lowest BCUT2D eigenvalue weighted by atomic mass is 10.0. The second kappa shape index (κ2) is 13.8. The van der Waals surface area contributed by atoms with Gasteiger partial charge in [-0.2, -0.15) is 0 Å². The fourth-order valence-electron chi connectivity index (χ4n) is 4.79. The largest absolute Gasteiger partial charge is 0.352 e. The first-order valence-corrected chi connectivity index (χ1v) is 14.8. The molecule has 1 N–H and O–H groups in total. The minimum atomic E-state index is -0.571. The number of rotatable bonds is 11. The monoisotopic (exact) mass is 578 g/mol. The molecular weight excluding hydrogens is 544 g/mol. The molecule has 0 saturated heterocycles. The van der Waals surface area contributed by atoms with Gasteiger partial charge in [-0.05, 0) is 55.2 Å². The Morgan fingerprint density at radius 2 is 1.68 bits per heavy atom. The van der Waals surface area contributed by atoms with Gasteiger partial charge in [0.15, 0.2) is 0 Å². The molecule has 0 aromatic heterocycles. The van der Waals surface area contributed by atoms with Crippen LogP contribution in [0.3, 0.4) is 0 Å². The maximum atomic E-state index is 13.8. The molecule has 3 aromatic rings. The van der Waals surface area contributed by atoms with Crippen molar-refractivity contribution in [1.29, 1.82) is 0 Å². The number of nitrogens with one attached hydrogen (secondary N) is 1. The van der Waals surface area contributed by atoms with E-state index in [2.05, 4.69) is 52.4 Å². The van der Waals surface area contributed by atoms with E-state index in [1.54, 1.807) is 16.7 Å². The molecule has 6 heteroatoms. The van der Waals surface area contributed by atoms with E-state index in [0.29, 0.717) is 25.1 Å². The Hall–Kier alpha value is -2.57. The summed E-state index contributed by atoms with van der Waals surface area (Å²) in [6, 6.07) is 26.0. The smallest absolute Gasteiger partial charge is 0.243 e. The molecular formula is C31H35BrN2O2S. The number of carbonyl (C=O) groups is 2. The third-order valence-corrected chi connectivity index (χ3v) is 8.33. The Kier molecular flexibility index (Phi) is 10.3. The number of thioether (sulfide) groups is 1. The van der Waals surface area contributed by atoms with Crippen molar-refractivity contribution in [2.24, 2.45) is 0 Å². The molecule has 2 amide bonds. The van der Waals surface area contributed by atoms with Gasteiger partial charge in [0, 0.05) is 40.5 Å². The molecule has 0 aliphatic heterocycles. The third kappa shape index (κ3) is 8.47. The number of hydrogen-bond acceptors (Lipinski definition) is 3. The highest BCUT2D eigenvalue weighted by Crippen LogP contribution is 2.23. The first-order chi connectivity index (χ1) is 18.0. The lowest BCUT2D eigenvalue weighted by Crippen LogP contribution is -2.52. The van der Waals surface area contributed by atoms with E-state index in [1.165, 1.54) is 5.56 Å². The van der Waals surface area contributed by atoms with Gasteiger partial charge >= 0.3 is 0 Å². The maximum Gasteiger partial charge on any atom is 0.243 e. The van der Waals surface area contributed by atoms with Crippen molar-refractivity contribution in [3.05, 3.63) is 100 Å². The summed E-state index contributed by atoms with van der Waals surface area (Å²) in [6.07, 6.45) is 5.17. The van der Waals surface area contributed by atoms with Gasteiger partial charge in [0.2, 0.25) is 11.8 Å². The normalized spacial score (nSPS) is 14.3. The van der Waals surface area contributed by atoms with Gasteiger partial charge < -0.3 is 10.2 Å². The van der Waals surface area contributed by atoms with Crippen LogP contribution in [-0.2, 0) is 22.6 Å². The maximum absolute atomic E-state index is 13.8. The summed E-state index contributed by atoms with van der Waals surface area (Å²) in [7, 11) is 0. The topological polar surface area (TPSA) is 49.4 Å². The van der Waals surface area contributed by atoms with E-state index in [-0.39, 0.29) is 17.9 Å². The van der Waals surface area contributed by atoms with Crippen LogP contribution >= 0.6 is 27.7 Å². The van der Waals surface area contributed by atoms with Gasteiger partial charge in [0.25, 0.3) is 0 Å². The van der Waals surface area contributed by atoms with Crippen molar-refractivity contribution < 1.29 is 9.59 Å². The van der Waals surface area contributed by atoms with Crippen LogP contribution in [0.15, 0.2) is 88.2 Å². The van der Waals surface area contributed by atoms with E-state index in [0.717, 1.165) is 46.2 Å². The highest BCUT2D eigenvalue weighted by Gasteiger charge is 2.32. The zero-order valence-electron chi connectivity index (χ0n) is 21.4. The first-order valence-electron chi connectivity index (χ1n) is 13.1. The SMILES string of the molecule is Cc1ccc(SCCC(=O)N(Cc2cccc(Br)c2)C(Cc2ccccc2)C(=O)NC2CCCC2)cc1. The van der Waals surface area contributed by atoms with Gasteiger partial charge in [-0.3, -0.25) is 9.59 Å². The van der Waals surface area contributed by atoms with Crippen molar-refractivity contribution in [1.82, 2.24) is 10.2 Å². The van der Waals surface area contributed by atoms with Crippen LogP contribution in [0.1, 0.15) is 48.8 Å². The molecule has 0 spiro atoms. The molecule has 37 heavy (non-hydrogen) atoms. The van der Waals surface area contributed by atoms with Crippen LogP contribution in [0.2, 0.25) is 0 Å². The predicted molar refractivity (Wildman–Crippen MR) is 156 cm³/mol. The van der Waals surface area contributed by atoms with Gasteiger partial charge in [-0.15, -0.1) is 11.8 Å². The summed E-state index contributed by atoms with van der Waals surface area (Å²) in [5.74, 6) is 0.617. The Balaban J connectivity index is 1.56. The van der Waals surface area contributed by atoms with Crippen molar-refractivity contribution in [2.75, 3.05) is 5.75 Å². The molecule has 1 unspecified atom stereocenters. The lowest BCUT2D eigenvalue weighted by molar-refractivity contribution is -0.141. The zero-order valence-corrected chi connectivity index (χ0v) is 23.8. The molecule has 0 radical (unpaired) electrons. The van der Waals surface area contributed by atoms with Crippen LogP contribution in [0.4, 0.5) is 0 Å². The molecule has 1 fully saturated rings. The Morgan fingerprint density at radius 1 is 0.973 bits per heavy atom. The number of amides is 2. The Labute approximate surface area is 233 Å². The molecule has 4 rings (SSSR count). The average Bonchev–Trinajstić information content (AvgIpc) is 3.41. The number of hydrogen-bond donors (Lipinski definition) is 1. The molecule has 1 aliphatic rings. The van der Waals surface area contributed by atoms with E-state index < -0.39 is 6.04 Å². The number of nitrogens with zero attached hydrogens (tertiary/aromatic N) is 1. The van der Waals surface area contributed by atoms with Crippen molar-refractivity contribution in [2.45, 2.75) is 69.0 Å². The van der Waals surface area contributed by atoms with Crippen LogP contribution in [0.25, 0.3) is 0 Å². The summed E-state index contributed by atoms with van der Waals surface area (Å²) in [5.41, 5.74) is 3.27. The highest BCUT2D eigenvalue weighted by molar-refractivity contribution is 9.10. The highest BCUT2D eigenvalue weighted by atomic mass is 79.9.